The molecule has 0 aliphatic carbocycles. The molecule has 1 aliphatic heterocycles. The number of piperidine rings is 1. The smallest absolute Gasteiger partial charge is 0.165 e. The summed E-state index contributed by atoms with van der Waals surface area (Å²) < 4.78 is 0. The van der Waals surface area contributed by atoms with E-state index in [1.54, 1.807) is 6.07 Å². The van der Waals surface area contributed by atoms with E-state index < -0.39 is 0 Å². The van der Waals surface area contributed by atoms with Gasteiger partial charge in [0.05, 0.1) is 11.1 Å². The zero-order valence-electron chi connectivity index (χ0n) is 13.8. The van der Waals surface area contributed by atoms with Crippen LogP contribution in [0.15, 0.2) is 48.5 Å². The molecule has 3 aromatic rings. The lowest BCUT2D eigenvalue weighted by atomic mass is 10.0. The Kier molecular flexibility index (Phi) is 3.81. The quantitative estimate of drug-likeness (QED) is 0.761. The van der Waals surface area contributed by atoms with Crippen molar-refractivity contribution in [2.24, 2.45) is 0 Å². The third-order valence-corrected chi connectivity index (χ3v) is 4.80. The summed E-state index contributed by atoms with van der Waals surface area (Å²) in [5.74, 6) is 1.77. The van der Waals surface area contributed by atoms with E-state index >= 15 is 0 Å². The first-order valence-electron chi connectivity index (χ1n) is 8.56. The number of hydrogen-bond acceptors (Lipinski definition) is 4. The van der Waals surface area contributed by atoms with Crippen LogP contribution >= 0.6 is 0 Å². The fourth-order valence-corrected chi connectivity index (χ4v) is 3.47. The fourth-order valence-electron chi connectivity index (χ4n) is 3.47. The van der Waals surface area contributed by atoms with Crippen molar-refractivity contribution in [3.8, 4) is 17.1 Å². The average Bonchev–Trinajstić information content (AvgIpc) is 2.62. The van der Waals surface area contributed by atoms with E-state index in [0.29, 0.717) is 17.4 Å². The lowest BCUT2D eigenvalue weighted by Crippen LogP contribution is -2.38. The Bertz CT molecular complexity index is 878. The molecule has 0 radical (unpaired) electrons. The van der Waals surface area contributed by atoms with Crippen LogP contribution in [-0.2, 0) is 0 Å². The van der Waals surface area contributed by atoms with Crippen molar-refractivity contribution in [1.82, 2.24) is 9.97 Å². The largest absolute Gasteiger partial charge is 0.507 e. The molecule has 1 atom stereocenters. The number of benzene rings is 2. The molecule has 4 heteroatoms. The molecule has 1 fully saturated rings. The number of aromatic hydroxyl groups is 1. The number of nitrogens with zero attached hydrogens (tertiary/aromatic N) is 3. The van der Waals surface area contributed by atoms with E-state index in [0.717, 1.165) is 23.3 Å². The van der Waals surface area contributed by atoms with Gasteiger partial charge >= 0.3 is 0 Å². The molecule has 0 spiro atoms. The zero-order chi connectivity index (χ0) is 16.5. The molecular formula is C20H21N3O. The normalized spacial score (nSPS) is 18.0. The molecule has 0 amide bonds. The van der Waals surface area contributed by atoms with Gasteiger partial charge in [0.15, 0.2) is 5.82 Å². The summed E-state index contributed by atoms with van der Waals surface area (Å²) in [6.07, 6.45) is 3.64. The molecule has 4 nitrogen and oxygen atoms in total. The highest BCUT2D eigenvalue weighted by Crippen LogP contribution is 2.33. The van der Waals surface area contributed by atoms with Crippen LogP contribution in [0, 0.1) is 0 Å². The van der Waals surface area contributed by atoms with Crippen LogP contribution in [0.1, 0.15) is 26.2 Å². The summed E-state index contributed by atoms with van der Waals surface area (Å²) in [6.45, 7) is 3.28. The second-order valence-corrected chi connectivity index (χ2v) is 6.44. The Balaban J connectivity index is 1.93. The van der Waals surface area contributed by atoms with Crippen molar-refractivity contribution >= 4 is 16.7 Å². The number of para-hydroxylation sites is 2. The van der Waals surface area contributed by atoms with E-state index in [2.05, 4.69) is 22.9 Å². The van der Waals surface area contributed by atoms with Gasteiger partial charge in [0.1, 0.15) is 11.6 Å². The van der Waals surface area contributed by atoms with Gasteiger partial charge in [0, 0.05) is 18.0 Å². The Morgan fingerprint density at radius 3 is 2.62 bits per heavy atom. The van der Waals surface area contributed by atoms with Crippen molar-refractivity contribution in [1.29, 1.82) is 0 Å². The molecule has 0 unspecified atom stereocenters. The summed E-state index contributed by atoms with van der Waals surface area (Å²) in [7, 11) is 0. The van der Waals surface area contributed by atoms with Gasteiger partial charge < -0.3 is 10.0 Å². The van der Waals surface area contributed by atoms with Gasteiger partial charge in [0.25, 0.3) is 0 Å². The van der Waals surface area contributed by atoms with E-state index in [1.165, 1.54) is 19.3 Å². The van der Waals surface area contributed by atoms with Crippen LogP contribution in [0.25, 0.3) is 22.3 Å². The molecule has 122 valence electrons. The molecule has 4 rings (SSSR count). The third-order valence-electron chi connectivity index (χ3n) is 4.80. The molecule has 2 heterocycles. The minimum Gasteiger partial charge on any atom is -0.507 e. The van der Waals surface area contributed by atoms with Gasteiger partial charge in [-0.3, -0.25) is 0 Å². The van der Waals surface area contributed by atoms with Gasteiger partial charge in [-0.05, 0) is 50.5 Å². The van der Waals surface area contributed by atoms with Crippen LogP contribution in [0.2, 0.25) is 0 Å². The number of fused-ring (bicyclic) bond motifs is 1. The Morgan fingerprint density at radius 1 is 1.00 bits per heavy atom. The fraction of sp³-hybridized carbons (Fsp3) is 0.300. The van der Waals surface area contributed by atoms with Crippen LogP contribution in [-0.4, -0.2) is 27.7 Å². The minimum absolute atomic E-state index is 0.213. The predicted molar refractivity (Wildman–Crippen MR) is 97.3 cm³/mol. The molecule has 2 aromatic carbocycles. The first-order chi connectivity index (χ1) is 11.7. The number of anilines is 1. The van der Waals surface area contributed by atoms with E-state index in [9.17, 15) is 5.11 Å². The van der Waals surface area contributed by atoms with Crippen molar-refractivity contribution < 1.29 is 5.11 Å². The second-order valence-electron chi connectivity index (χ2n) is 6.44. The molecule has 1 aliphatic rings. The average molecular weight is 319 g/mol. The topological polar surface area (TPSA) is 49.2 Å². The van der Waals surface area contributed by atoms with Crippen LogP contribution in [0.3, 0.4) is 0 Å². The van der Waals surface area contributed by atoms with E-state index in [4.69, 9.17) is 4.98 Å². The maximum Gasteiger partial charge on any atom is 0.165 e. The number of hydrogen-bond donors (Lipinski definition) is 1. The molecule has 0 bridgehead atoms. The SMILES string of the molecule is C[C@H]1CCCCN1c1nc(-c2ccccc2O)nc2ccccc12. The highest BCUT2D eigenvalue weighted by atomic mass is 16.3. The van der Waals surface area contributed by atoms with Gasteiger partial charge in [-0.25, -0.2) is 9.97 Å². The lowest BCUT2D eigenvalue weighted by Gasteiger charge is -2.35. The van der Waals surface area contributed by atoms with Crippen molar-refractivity contribution in [3.05, 3.63) is 48.5 Å². The molecule has 0 saturated carbocycles. The van der Waals surface area contributed by atoms with Gasteiger partial charge in [-0.15, -0.1) is 0 Å². The summed E-state index contributed by atoms with van der Waals surface area (Å²) >= 11 is 0. The minimum atomic E-state index is 0.213. The molecule has 1 aromatic heterocycles. The van der Waals surface area contributed by atoms with Gasteiger partial charge in [0.2, 0.25) is 0 Å². The molecule has 1 saturated heterocycles. The van der Waals surface area contributed by atoms with Gasteiger partial charge in [-0.2, -0.15) is 0 Å². The first kappa shape index (κ1) is 14.9. The standard InChI is InChI=1S/C20H21N3O/c1-14-8-6-7-13-23(14)20-15-9-2-4-11-17(15)21-19(22-20)16-10-3-5-12-18(16)24/h2-5,9-12,14,24H,6-8,13H2,1H3/t14-/m0/s1. The summed E-state index contributed by atoms with van der Waals surface area (Å²) in [4.78, 5) is 11.9. The number of phenolic OH excluding ortho intramolecular Hbond substituents is 1. The highest BCUT2D eigenvalue weighted by molar-refractivity contribution is 5.91. The number of rotatable bonds is 2. The Labute approximate surface area is 141 Å². The Morgan fingerprint density at radius 2 is 1.79 bits per heavy atom. The predicted octanol–water partition coefficient (Wildman–Crippen LogP) is 4.38. The zero-order valence-corrected chi connectivity index (χ0v) is 13.8. The van der Waals surface area contributed by atoms with Gasteiger partial charge in [-0.1, -0.05) is 24.3 Å². The lowest BCUT2D eigenvalue weighted by molar-refractivity contribution is 0.476. The van der Waals surface area contributed by atoms with E-state index in [1.807, 2.05) is 36.4 Å². The van der Waals surface area contributed by atoms with E-state index in [-0.39, 0.29) is 5.75 Å². The van der Waals surface area contributed by atoms with Crippen molar-refractivity contribution in [3.63, 3.8) is 0 Å². The second kappa shape index (κ2) is 6.11. The summed E-state index contributed by atoms with van der Waals surface area (Å²) in [5.41, 5.74) is 1.59. The van der Waals surface area contributed by atoms with Crippen LogP contribution in [0.5, 0.6) is 5.75 Å². The molecule has 1 N–H and O–H groups in total. The summed E-state index contributed by atoms with van der Waals surface area (Å²) in [6, 6.07) is 15.8. The number of phenols is 1. The molecular weight excluding hydrogens is 298 g/mol. The maximum absolute atomic E-state index is 10.2. The highest BCUT2D eigenvalue weighted by Gasteiger charge is 2.23. The first-order valence-corrected chi connectivity index (χ1v) is 8.56. The monoisotopic (exact) mass is 319 g/mol. The number of aromatic nitrogens is 2. The molecule has 24 heavy (non-hydrogen) atoms. The van der Waals surface area contributed by atoms with Crippen LogP contribution in [0.4, 0.5) is 5.82 Å². The summed E-state index contributed by atoms with van der Waals surface area (Å²) in [5, 5.41) is 11.3. The third kappa shape index (κ3) is 2.58. The van der Waals surface area contributed by atoms with Crippen molar-refractivity contribution in [2.45, 2.75) is 32.2 Å². The Hall–Kier alpha value is -2.62. The van der Waals surface area contributed by atoms with Crippen molar-refractivity contribution in [2.75, 3.05) is 11.4 Å². The van der Waals surface area contributed by atoms with Crippen LogP contribution < -0.4 is 4.90 Å². The maximum atomic E-state index is 10.2.